The smallest absolute Gasteiger partial charge is 0.240 e. The van der Waals surface area contributed by atoms with Crippen LogP contribution in [0.3, 0.4) is 0 Å². The molecule has 0 amide bonds. The Morgan fingerprint density at radius 1 is 1.27 bits per heavy atom. The zero-order valence-corrected chi connectivity index (χ0v) is 13.8. The first kappa shape index (κ1) is 16.5. The fourth-order valence-electron chi connectivity index (χ4n) is 2.19. The summed E-state index contributed by atoms with van der Waals surface area (Å²) in [4.78, 5) is 0.290. The van der Waals surface area contributed by atoms with Crippen LogP contribution in [0.4, 0.5) is 0 Å². The minimum Gasteiger partial charge on any atom is -0.494 e. The summed E-state index contributed by atoms with van der Waals surface area (Å²) in [6.45, 7) is 6.38. The Kier molecular flexibility index (Phi) is 5.20. The lowest BCUT2D eigenvalue weighted by molar-refractivity contribution is 0.337. The topological polar surface area (TPSA) is 84.1 Å². The van der Waals surface area contributed by atoms with Gasteiger partial charge < -0.3 is 4.74 Å². The van der Waals surface area contributed by atoms with E-state index in [9.17, 15) is 8.42 Å². The predicted octanol–water partition coefficient (Wildman–Crippen LogP) is 1.95. The number of H-pyrrole nitrogens is 1. The number of aromatic amines is 1. The Morgan fingerprint density at radius 2 is 2.05 bits per heavy atom. The summed E-state index contributed by atoms with van der Waals surface area (Å²) in [6, 6.07) is 5.24. The lowest BCUT2D eigenvalue weighted by Crippen LogP contribution is -2.26. The highest BCUT2D eigenvalue weighted by atomic mass is 32.2. The van der Waals surface area contributed by atoms with Crippen LogP contribution in [0.25, 0.3) is 0 Å². The second-order valence-corrected chi connectivity index (χ2v) is 6.78. The van der Waals surface area contributed by atoms with Crippen molar-refractivity contribution in [3.63, 3.8) is 0 Å². The minimum absolute atomic E-state index is 0.290. The molecular weight excluding hydrogens is 302 g/mol. The van der Waals surface area contributed by atoms with Crippen LogP contribution in [-0.4, -0.2) is 31.8 Å². The third-order valence-corrected chi connectivity index (χ3v) is 4.91. The van der Waals surface area contributed by atoms with E-state index < -0.39 is 10.0 Å². The molecule has 0 saturated heterocycles. The summed E-state index contributed by atoms with van der Waals surface area (Å²) < 4.78 is 33.0. The first-order valence-corrected chi connectivity index (χ1v) is 8.64. The molecule has 2 N–H and O–H groups in total. The van der Waals surface area contributed by atoms with Gasteiger partial charge in [-0.1, -0.05) is 0 Å². The van der Waals surface area contributed by atoms with Gasteiger partial charge in [0.25, 0.3) is 0 Å². The van der Waals surface area contributed by atoms with Crippen molar-refractivity contribution in [1.29, 1.82) is 0 Å². The number of aryl methyl sites for hydroxylation is 2. The molecule has 0 aliphatic heterocycles. The van der Waals surface area contributed by atoms with E-state index in [1.807, 2.05) is 19.9 Å². The van der Waals surface area contributed by atoms with Gasteiger partial charge in [0, 0.05) is 24.9 Å². The number of ether oxygens (including phenoxy) is 1. The van der Waals surface area contributed by atoms with E-state index in [0.717, 1.165) is 17.0 Å². The molecule has 1 heterocycles. The van der Waals surface area contributed by atoms with E-state index >= 15 is 0 Å². The molecule has 0 atom stereocenters. The number of aromatic nitrogens is 2. The van der Waals surface area contributed by atoms with Crippen molar-refractivity contribution in [3.05, 3.63) is 41.2 Å². The lowest BCUT2D eigenvalue weighted by Gasteiger charge is -2.13. The van der Waals surface area contributed by atoms with E-state index in [2.05, 4.69) is 14.9 Å². The Morgan fingerprint density at radius 3 is 2.68 bits per heavy atom. The molecule has 22 heavy (non-hydrogen) atoms. The molecule has 0 unspecified atom stereocenters. The second-order valence-electron chi connectivity index (χ2n) is 5.05. The summed E-state index contributed by atoms with van der Waals surface area (Å²) >= 11 is 0. The summed E-state index contributed by atoms with van der Waals surface area (Å²) in [5, 5.41) is 6.64. The molecule has 0 bridgehead atoms. The fraction of sp³-hybridized carbons (Fsp3) is 0.400. The normalized spacial score (nSPS) is 11.6. The average molecular weight is 323 g/mol. The van der Waals surface area contributed by atoms with Crippen LogP contribution >= 0.6 is 0 Å². The number of hydrogen-bond acceptors (Lipinski definition) is 4. The summed E-state index contributed by atoms with van der Waals surface area (Å²) in [7, 11) is -3.54. The molecule has 1 aromatic heterocycles. The zero-order valence-electron chi connectivity index (χ0n) is 13.0. The summed E-state index contributed by atoms with van der Waals surface area (Å²) in [6.07, 6.45) is 2.21. The molecule has 0 radical (unpaired) electrons. The van der Waals surface area contributed by atoms with Crippen molar-refractivity contribution in [2.75, 3.05) is 13.2 Å². The molecule has 0 spiro atoms. The second kappa shape index (κ2) is 6.93. The summed E-state index contributed by atoms with van der Waals surface area (Å²) in [5.74, 6) is 0.719. The maximum absolute atomic E-state index is 12.4. The Labute approximate surface area is 130 Å². The molecular formula is C15H21N3O3S. The molecule has 1 aromatic carbocycles. The molecule has 0 saturated carbocycles. The van der Waals surface area contributed by atoms with Crippen LogP contribution in [0.2, 0.25) is 0 Å². The van der Waals surface area contributed by atoms with Crippen molar-refractivity contribution in [2.45, 2.75) is 32.1 Å². The first-order valence-electron chi connectivity index (χ1n) is 7.16. The van der Waals surface area contributed by atoms with Gasteiger partial charge in [0.05, 0.1) is 11.5 Å². The van der Waals surface area contributed by atoms with Crippen LogP contribution < -0.4 is 9.46 Å². The first-order chi connectivity index (χ1) is 10.4. The van der Waals surface area contributed by atoms with Crippen molar-refractivity contribution < 1.29 is 13.2 Å². The number of nitrogens with zero attached hydrogens (tertiary/aromatic N) is 1. The van der Waals surface area contributed by atoms with Crippen LogP contribution in [0, 0.1) is 13.8 Å². The van der Waals surface area contributed by atoms with Gasteiger partial charge >= 0.3 is 0 Å². The van der Waals surface area contributed by atoms with E-state index in [-0.39, 0.29) is 4.90 Å². The van der Waals surface area contributed by atoms with Gasteiger partial charge in [-0.2, -0.15) is 5.10 Å². The SMILES string of the molecule is CCOc1cc(C)c(S(=O)(=O)NCCc2ccn[nH]2)cc1C. The van der Waals surface area contributed by atoms with Crippen LogP contribution in [0.1, 0.15) is 23.7 Å². The standard InChI is InChI=1S/C15H21N3O3S/c1-4-21-14-9-12(3)15(10-11(14)2)22(19,20)17-8-6-13-5-7-16-18-13/h5,7,9-10,17H,4,6,8H2,1-3H3,(H,16,18). The van der Waals surface area contributed by atoms with Gasteiger partial charge in [-0.3, -0.25) is 5.10 Å². The largest absolute Gasteiger partial charge is 0.494 e. The molecule has 0 aliphatic rings. The van der Waals surface area contributed by atoms with E-state index in [1.165, 1.54) is 0 Å². The minimum atomic E-state index is -3.54. The number of benzene rings is 1. The van der Waals surface area contributed by atoms with Crippen molar-refractivity contribution in [2.24, 2.45) is 0 Å². The Balaban J connectivity index is 2.13. The maximum atomic E-state index is 12.4. The predicted molar refractivity (Wildman–Crippen MR) is 84.6 cm³/mol. The molecule has 120 valence electrons. The number of nitrogens with one attached hydrogen (secondary N) is 2. The van der Waals surface area contributed by atoms with E-state index in [1.54, 1.807) is 25.3 Å². The van der Waals surface area contributed by atoms with Crippen molar-refractivity contribution >= 4 is 10.0 Å². The van der Waals surface area contributed by atoms with E-state index in [4.69, 9.17) is 4.74 Å². The van der Waals surface area contributed by atoms with Gasteiger partial charge in [-0.05, 0) is 50.1 Å². The highest BCUT2D eigenvalue weighted by molar-refractivity contribution is 7.89. The molecule has 2 aromatic rings. The number of sulfonamides is 1. The average Bonchev–Trinajstić information content (AvgIpc) is 2.95. The third-order valence-electron chi connectivity index (χ3n) is 3.31. The number of rotatable bonds is 7. The van der Waals surface area contributed by atoms with Gasteiger partial charge in [0.2, 0.25) is 10.0 Å². The van der Waals surface area contributed by atoms with Crippen molar-refractivity contribution in [1.82, 2.24) is 14.9 Å². The van der Waals surface area contributed by atoms with Crippen molar-refractivity contribution in [3.8, 4) is 5.75 Å². The van der Waals surface area contributed by atoms with Gasteiger partial charge in [-0.25, -0.2) is 13.1 Å². The molecule has 2 rings (SSSR count). The fourth-order valence-corrected chi connectivity index (χ4v) is 3.53. The molecule has 0 aliphatic carbocycles. The number of hydrogen-bond donors (Lipinski definition) is 2. The zero-order chi connectivity index (χ0) is 16.2. The van der Waals surface area contributed by atoms with Crippen LogP contribution in [-0.2, 0) is 16.4 Å². The molecule has 7 heteroatoms. The quantitative estimate of drug-likeness (QED) is 0.815. The highest BCUT2D eigenvalue weighted by Crippen LogP contribution is 2.25. The molecule has 6 nitrogen and oxygen atoms in total. The van der Waals surface area contributed by atoms with Gasteiger partial charge in [0.15, 0.2) is 0 Å². The van der Waals surface area contributed by atoms with Gasteiger partial charge in [-0.15, -0.1) is 0 Å². The van der Waals surface area contributed by atoms with Gasteiger partial charge in [0.1, 0.15) is 5.75 Å². The van der Waals surface area contributed by atoms with Crippen LogP contribution in [0.15, 0.2) is 29.3 Å². The lowest BCUT2D eigenvalue weighted by atomic mass is 10.1. The Bertz CT molecular complexity index is 725. The highest BCUT2D eigenvalue weighted by Gasteiger charge is 2.18. The molecule has 0 fully saturated rings. The van der Waals surface area contributed by atoms with E-state index in [0.29, 0.717) is 25.1 Å². The monoisotopic (exact) mass is 323 g/mol. The third kappa shape index (κ3) is 3.86. The maximum Gasteiger partial charge on any atom is 0.240 e. The van der Waals surface area contributed by atoms with Crippen LogP contribution in [0.5, 0.6) is 5.75 Å². The Hall–Kier alpha value is -1.86. The summed E-state index contributed by atoms with van der Waals surface area (Å²) in [5.41, 5.74) is 2.37.